The van der Waals surface area contributed by atoms with Gasteiger partial charge in [-0.3, -0.25) is 4.79 Å². The van der Waals surface area contributed by atoms with Gasteiger partial charge in [0.15, 0.2) is 6.10 Å². The summed E-state index contributed by atoms with van der Waals surface area (Å²) < 4.78 is 10.0. The number of nitrogen functional groups attached to an aromatic ring is 1. The topological polar surface area (TPSA) is 90.6 Å². The van der Waals surface area contributed by atoms with E-state index in [-0.39, 0.29) is 5.91 Å². The van der Waals surface area contributed by atoms with Gasteiger partial charge < -0.3 is 20.5 Å². The molecule has 0 spiro atoms. The molecule has 6 nitrogen and oxygen atoms in total. The van der Waals surface area contributed by atoms with Crippen LogP contribution in [0.1, 0.15) is 29.3 Å². The maximum absolute atomic E-state index is 12.0. The fraction of sp³-hybridized carbons (Fsp3) is 0.467. The van der Waals surface area contributed by atoms with Gasteiger partial charge in [0.2, 0.25) is 0 Å². The van der Waals surface area contributed by atoms with Crippen LogP contribution in [0.15, 0.2) is 18.2 Å². The molecule has 1 amide bonds. The zero-order valence-corrected chi connectivity index (χ0v) is 12.6. The van der Waals surface area contributed by atoms with Crippen LogP contribution >= 0.6 is 0 Å². The zero-order chi connectivity index (χ0) is 15.8. The van der Waals surface area contributed by atoms with Crippen LogP contribution in [-0.2, 0) is 14.3 Å². The van der Waals surface area contributed by atoms with Gasteiger partial charge in [-0.25, -0.2) is 4.79 Å². The molecule has 116 valence electrons. The molecule has 1 unspecified atom stereocenters. The highest BCUT2D eigenvalue weighted by molar-refractivity contribution is 5.94. The Bertz CT molecular complexity index is 502. The van der Waals surface area contributed by atoms with Crippen molar-refractivity contribution in [2.24, 2.45) is 0 Å². The number of hydrogen-bond acceptors (Lipinski definition) is 5. The van der Waals surface area contributed by atoms with Crippen molar-refractivity contribution in [3.05, 3.63) is 29.3 Å². The van der Waals surface area contributed by atoms with Gasteiger partial charge in [0.05, 0.1) is 5.56 Å². The van der Waals surface area contributed by atoms with E-state index in [4.69, 9.17) is 15.2 Å². The zero-order valence-electron chi connectivity index (χ0n) is 12.6. The van der Waals surface area contributed by atoms with Crippen molar-refractivity contribution in [3.63, 3.8) is 0 Å². The number of carbonyl (C=O) groups is 2. The second-order valence-electron chi connectivity index (χ2n) is 4.70. The van der Waals surface area contributed by atoms with E-state index in [0.29, 0.717) is 36.4 Å². The van der Waals surface area contributed by atoms with E-state index < -0.39 is 12.1 Å². The molecule has 0 fully saturated rings. The van der Waals surface area contributed by atoms with Gasteiger partial charge in [0.1, 0.15) is 0 Å². The molecule has 1 aromatic carbocycles. The minimum atomic E-state index is -0.860. The molecule has 0 aliphatic rings. The summed E-state index contributed by atoms with van der Waals surface area (Å²) in [4.78, 5) is 23.8. The monoisotopic (exact) mass is 294 g/mol. The predicted octanol–water partition coefficient (Wildman–Crippen LogP) is 1.28. The summed E-state index contributed by atoms with van der Waals surface area (Å²) in [6.45, 7) is 4.31. The Morgan fingerprint density at radius 1 is 1.38 bits per heavy atom. The van der Waals surface area contributed by atoms with Crippen LogP contribution in [0.3, 0.4) is 0 Å². The number of hydrogen-bond donors (Lipinski definition) is 2. The highest BCUT2D eigenvalue weighted by Crippen LogP contribution is 2.17. The van der Waals surface area contributed by atoms with Crippen LogP contribution in [0.4, 0.5) is 5.69 Å². The van der Waals surface area contributed by atoms with E-state index in [2.05, 4.69) is 5.32 Å². The third kappa shape index (κ3) is 5.07. The molecule has 0 bridgehead atoms. The Morgan fingerprint density at radius 3 is 2.76 bits per heavy atom. The van der Waals surface area contributed by atoms with Gasteiger partial charge in [-0.05, 0) is 38.0 Å². The molecule has 21 heavy (non-hydrogen) atoms. The van der Waals surface area contributed by atoms with Gasteiger partial charge in [0.25, 0.3) is 5.91 Å². The Hall–Kier alpha value is -2.08. The molecule has 0 aliphatic heterocycles. The first-order chi connectivity index (χ1) is 9.97. The van der Waals surface area contributed by atoms with Crippen molar-refractivity contribution in [3.8, 4) is 0 Å². The number of nitrogens with one attached hydrogen (secondary N) is 1. The minimum absolute atomic E-state index is 0.332. The molecule has 0 aliphatic carbocycles. The summed E-state index contributed by atoms with van der Waals surface area (Å²) in [7, 11) is 1.60. The molecule has 3 N–H and O–H groups in total. The Morgan fingerprint density at radius 2 is 2.10 bits per heavy atom. The average Bonchev–Trinajstić information content (AvgIpc) is 2.46. The number of ether oxygens (including phenoxy) is 2. The van der Waals surface area contributed by atoms with Crippen LogP contribution in [0, 0.1) is 6.92 Å². The lowest BCUT2D eigenvalue weighted by atomic mass is 10.1. The number of amides is 1. The normalized spacial score (nSPS) is 11.8. The maximum atomic E-state index is 12.0. The van der Waals surface area contributed by atoms with Crippen molar-refractivity contribution in [1.82, 2.24) is 5.32 Å². The van der Waals surface area contributed by atoms with Crippen molar-refractivity contribution < 1.29 is 19.1 Å². The summed E-state index contributed by atoms with van der Waals surface area (Å²) in [6.07, 6.45) is -0.155. The van der Waals surface area contributed by atoms with Crippen molar-refractivity contribution in [1.29, 1.82) is 0 Å². The molecular weight excluding hydrogens is 272 g/mol. The fourth-order valence-electron chi connectivity index (χ4n) is 1.72. The Kier molecular flexibility index (Phi) is 6.68. The van der Waals surface area contributed by atoms with Crippen molar-refractivity contribution >= 4 is 17.6 Å². The van der Waals surface area contributed by atoms with Gasteiger partial charge in [0, 0.05) is 25.9 Å². The predicted molar refractivity (Wildman–Crippen MR) is 80.0 cm³/mol. The number of nitrogens with two attached hydrogens (primary N) is 1. The number of anilines is 1. The van der Waals surface area contributed by atoms with Crippen molar-refractivity contribution in [2.75, 3.05) is 26.0 Å². The standard InChI is InChI=1S/C15H22N2O4/c1-10-12(6-4-7-13(10)16)15(19)21-11(2)14(18)17-8-5-9-20-3/h4,6-7,11H,5,8-9,16H2,1-3H3,(H,17,18). The van der Waals surface area contributed by atoms with Crippen LogP contribution in [0.2, 0.25) is 0 Å². The quantitative estimate of drug-likeness (QED) is 0.449. The summed E-state index contributed by atoms with van der Waals surface area (Å²) in [5.41, 5.74) is 7.28. The van der Waals surface area contributed by atoms with Gasteiger partial charge >= 0.3 is 5.97 Å². The first-order valence-electron chi connectivity index (χ1n) is 6.80. The number of esters is 1. The highest BCUT2D eigenvalue weighted by Gasteiger charge is 2.20. The van der Waals surface area contributed by atoms with Gasteiger partial charge in [-0.15, -0.1) is 0 Å². The molecule has 0 saturated carbocycles. The average molecular weight is 294 g/mol. The van der Waals surface area contributed by atoms with E-state index in [0.717, 1.165) is 0 Å². The van der Waals surface area contributed by atoms with Gasteiger partial charge in [-0.1, -0.05) is 6.07 Å². The Balaban J connectivity index is 2.53. The van der Waals surface area contributed by atoms with E-state index in [1.807, 2.05) is 0 Å². The molecule has 1 aromatic rings. The van der Waals surface area contributed by atoms with Crippen LogP contribution in [-0.4, -0.2) is 38.2 Å². The van der Waals surface area contributed by atoms with Crippen LogP contribution in [0.5, 0.6) is 0 Å². The first kappa shape index (κ1) is 17.0. The van der Waals surface area contributed by atoms with Crippen molar-refractivity contribution in [2.45, 2.75) is 26.4 Å². The molecule has 0 aromatic heterocycles. The maximum Gasteiger partial charge on any atom is 0.339 e. The summed E-state index contributed by atoms with van der Waals surface area (Å²) in [5, 5.41) is 2.68. The second kappa shape index (κ2) is 8.26. The first-order valence-corrected chi connectivity index (χ1v) is 6.80. The fourth-order valence-corrected chi connectivity index (χ4v) is 1.72. The SMILES string of the molecule is COCCCNC(=O)C(C)OC(=O)c1cccc(N)c1C. The lowest BCUT2D eigenvalue weighted by Crippen LogP contribution is -2.36. The van der Waals surface area contributed by atoms with E-state index >= 15 is 0 Å². The smallest absolute Gasteiger partial charge is 0.339 e. The second-order valence-corrected chi connectivity index (χ2v) is 4.70. The molecule has 0 radical (unpaired) electrons. The third-order valence-corrected chi connectivity index (χ3v) is 3.07. The molecule has 1 rings (SSSR count). The Labute approximate surface area is 124 Å². The third-order valence-electron chi connectivity index (χ3n) is 3.07. The van der Waals surface area contributed by atoms with Crippen LogP contribution < -0.4 is 11.1 Å². The van der Waals surface area contributed by atoms with E-state index in [1.165, 1.54) is 6.92 Å². The lowest BCUT2D eigenvalue weighted by Gasteiger charge is -2.14. The number of carbonyl (C=O) groups excluding carboxylic acids is 2. The van der Waals surface area contributed by atoms with E-state index in [1.54, 1.807) is 32.2 Å². The number of benzene rings is 1. The van der Waals surface area contributed by atoms with E-state index in [9.17, 15) is 9.59 Å². The number of methoxy groups -OCH3 is 1. The molecule has 0 saturated heterocycles. The molecular formula is C15H22N2O4. The summed E-state index contributed by atoms with van der Waals surface area (Å²) >= 11 is 0. The van der Waals surface area contributed by atoms with Gasteiger partial charge in [-0.2, -0.15) is 0 Å². The van der Waals surface area contributed by atoms with Crippen LogP contribution in [0.25, 0.3) is 0 Å². The summed E-state index contributed by atoms with van der Waals surface area (Å²) in [5.74, 6) is -0.889. The summed E-state index contributed by atoms with van der Waals surface area (Å²) in [6, 6.07) is 5.00. The highest BCUT2D eigenvalue weighted by atomic mass is 16.5. The molecule has 0 heterocycles. The minimum Gasteiger partial charge on any atom is -0.449 e. The number of rotatable bonds is 7. The molecule has 1 atom stereocenters. The largest absolute Gasteiger partial charge is 0.449 e. The lowest BCUT2D eigenvalue weighted by molar-refractivity contribution is -0.129. The molecule has 6 heteroatoms.